The van der Waals surface area contributed by atoms with Crippen molar-refractivity contribution in [1.82, 2.24) is 14.5 Å². The molecule has 0 bridgehead atoms. The number of nitrogens with zero attached hydrogens (tertiary/aromatic N) is 3. The second-order valence-corrected chi connectivity index (χ2v) is 11.1. The molecule has 3 heterocycles. The standard InChI is InChI=1S/C33H41N5O2/c1-23-6-9-26-19-31(38(30(26)17-23)15-4-16-40-2)28-5-3-14-37(22-28)33(39)20-29(34)18-24-7-10-25(11-8-24)27-12-13-32(35)36-21-27/h6-13,17,19,21,28-29H,3-5,14-16,18,20,22,34H2,1-2H3,(H2,35,36). The molecule has 5 rings (SSSR count). The van der Waals surface area contributed by atoms with Gasteiger partial charge in [-0.05, 0) is 78.9 Å². The van der Waals surface area contributed by atoms with Crippen molar-refractivity contribution in [3.05, 3.63) is 83.7 Å². The maximum atomic E-state index is 13.4. The van der Waals surface area contributed by atoms with Gasteiger partial charge in [-0.15, -0.1) is 0 Å². The van der Waals surface area contributed by atoms with Crippen LogP contribution in [-0.2, 0) is 22.5 Å². The summed E-state index contributed by atoms with van der Waals surface area (Å²) < 4.78 is 7.79. The summed E-state index contributed by atoms with van der Waals surface area (Å²) in [5.74, 6) is 0.981. The Morgan fingerprint density at radius 3 is 2.65 bits per heavy atom. The number of aryl methyl sites for hydroxylation is 2. The number of pyridine rings is 1. The Labute approximate surface area is 237 Å². The van der Waals surface area contributed by atoms with Gasteiger partial charge in [-0.3, -0.25) is 4.79 Å². The van der Waals surface area contributed by atoms with Crippen molar-refractivity contribution in [2.75, 3.05) is 32.5 Å². The van der Waals surface area contributed by atoms with Crippen LogP contribution in [0, 0.1) is 6.92 Å². The van der Waals surface area contributed by atoms with E-state index >= 15 is 0 Å². The molecule has 2 atom stereocenters. The number of methoxy groups -OCH3 is 1. The average Bonchev–Trinajstić information content (AvgIpc) is 3.31. The van der Waals surface area contributed by atoms with Crippen LogP contribution in [0.15, 0.2) is 66.9 Å². The first-order valence-electron chi connectivity index (χ1n) is 14.3. The van der Waals surface area contributed by atoms with Crippen LogP contribution in [0.1, 0.15) is 48.4 Å². The van der Waals surface area contributed by atoms with Crippen molar-refractivity contribution in [1.29, 1.82) is 0 Å². The maximum absolute atomic E-state index is 13.4. The van der Waals surface area contributed by atoms with Gasteiger partial charge in [0, 0.05) is 74.7 Å². The number of aromatic nitrogens is 2. The summed E-state index contributed by atoms with van der Waals surface area (Å²) in [6.45, 7) is 5.34. The Morgan fingerprint density at radius 2 is 1.90 bits per heavy atom. The number of nitrogens with two attached hydrogens (primary N) is 2. The third kappa shape index (κ3) is 6.54. The van der Waals surface area contributed by atoms with Crippen LogP contribution < -0.4 is 11.5 Å². The number of rotatable bonds is 10. The molecule has 40 heavy (non-hydrogen) atoms. The van der Waals surface area contributed by atoms with Gasteiger partial charge in [0.25, 0.3) is 0 Å². The molecule has 0 radical (unpaired) electrons. The number of amides is 1. The number of nitrogen functional groups attached to an aromatic ring is 1. The third-order valence-electron chi connectivity index (χ3n) is 8.02. The van der Waals surface area contributed by atoms with Gasteiger partial charge in [0.1, 0.15) is 5.82 Å². The van der Waals surface area contributed by atoms with Crippen molar-refractivity contribution in [2.24, 2.45) is 5.73 Å². The lowest BCUT2D eigenvalue weighted by Crippen LogP contribution is -2.42. The summed E-state index contributed by atoms with van der Waals surface area (Å²) in [6, 6.07) is 20.8. The molecule has 210 valence electrons. The molecule has 7 heteroatoms. The predicted octanol–water partition coefficient (Wildman–Crippen LogP) is 5.30. The van der Waals surface area contributed by atoms with Gasteiger partial charge in [0.15, 0.2) is 0 Å². The third-order valence-corrected chi connectivity index (χ3v) is 8.02. The van der Waals surface area contributed by atoms with Gasteiger partial charge >= 0.3 is 0 Å². The molecule has 1 aliphatic rings. The summed E-state index contributed by atoms with van der Waals surface area (Å²) in [7, 11) is 1.75. The van der Waals surface area contributed by atoms with E-state index < -0.39 is 0 Å². The fourth-order valence-electron chi connectivity index (χ4n) is 5.92. The summed E-state index contributed by atoms with van der Waals surface area (Å²) in [5, 5.41) is 1.27. The number of piperidine rings is 1. The number of carbonyl (C=O) groups is 1. The highest BCUT2D eigenvalue weighted by Gasteiger charge is 2.28. The smallest absolute Gasteiger partial charge is 0.224 e. The van der Waals surface area contributed by atoms with Crippen molar-refractivity contribution in [3.8, 4) is 11.1 Å². The molecule has 1 fully saturated rings. The first-order chi connectivity index (χ1) is 19.4. The van der Waals surface area contributed by atoms with E-state index in [1.165, 1.54) is 22.2 Å². The van der Waals surface area contributed by atoms with Crippen LogP contribution in [0.4, 0.5) is 5.82 Å². The number of fused-ring (bicyclic) bond motifs is 1. The van der Waals surface area contributed by atoms with E-state index in [4.69, 9.17) is 16.2 Å². The molecular formula is C33H41N5O2. The maximum Gasteiger partial charge on any atom is 0.224 e. The lowest BCUT2D eigenvalue weighted by molar-refractivity contribution is -0.132. The molecule has 0 saturated carbocycles. The van der Waals surface area contributed by atoms with Crippen molar-refractivity contribution >= 4 is 22.6 Å². The highest BCUT2D eigenvalue weighted by atomic mass is 16.5. The quantitative estimate of drug-likeness (QED) is 0.267. The van der Waals surface area contributed by atoms with Crippen molar-refractivity contribution < 1.29 is 9.53 Å². The number of carbonyl (C=O) groups excluding carboxylic acids is 1. The van der Waals surface area contributed by atoms with E-state index in [0.717, 1.165) is 62.2 Å². The summed E-state index contributed by atoms with van der Waals surface area (Å²) in [6.07, 6.45) is 5.85. The first kappa shape index (κ1) is 27.9. The molecule has 1 saturated heterocycles. The van der Waals surface area contributed by atoms with Gasteiger partial charge in [0.05, 0.1) is 0 Å². The minimum atomic E-state index is -0.222. The van der Waals surface area contributed by atoms with E-state index in [1.54, 1.807) is 19.4 Å². The second kappa shape index (κ2) is 12.7. The minimum Gasteiger partial charge on any atom is -0.385 e. The topological polar surface area (TPSA) is 99.4 Å². The Bertz CT molecular complexity index is 1430. The first-order valence-corrected chi connectivity index (χ1v) is 14.3. The number of likely N-dealkylation sites (tertiary alicyclic amines) is 1. The van der Waals surface area contributed by atoms with E-state index in [2.05, 4.69) is 65.0 Å². The van der Waals surface area contributed by atoms with Gasteiger partial charge < -0.3 is 25.7 Å². The largest absolute Gasteiger partial charge is 0.385 e. The highest BCUT2D eigenvalue weighted by molar-refractivity contribution is 5.82. The number of ether oxygens (including phenoxy) is 1. The molecule has 0 spiro atoms. The molecule has 4 N–H and O–H groups in total. The molecule has 2 aromatic heterocycles. The number of benzene rings is 2. The Kier molecular flexibility index (Phi) is 8.82. The van der Waals surface area contributed by atoms with Crippen molar-refractivity contribution in [2.45, 2.75) is 57.5 Å². The molecule has 0 aliphatic carbocycles. The zero-order chi connectivity index (χ0) is 28.1. The number of hydrogen-bond donors (Lipinski definition) is 2. The number of hydrogen-bond acceptors (Lipinski definition) is 5. The summed E-state index contributed by atoms with van der Waals surface area (Å²) >= 11 is 0. The Hall–Kier alpha value is -3.68. The fraction of sp³-hybridized carbons (Fsp3) is 0.394. The van der Waals surface area contributed by atoms with Gasteiger partial charge in [-0.25, -0.2) is 4.98 Å². The molecule has 2 unspecified atom stereocenters. The second-order valence-electron chi connectivity index (χ2n) is 11.1. The summed E-state index contributed by atoms with van der Waals surface area (Å²) in [5.41, 5.74) is 19.3. The predicted molar refractivity (Wildman–Crippen MR) is 162 cm³/mol. The van der Waals surface area contributed by atoms with Crippen LogP contribution in [0.5, 0.6) is 0 Å². The Balaban J connectivity index is 1.22. The lowest BCUT2D eigenvalue weighted by atomic mass is 9.93. The van der Waals surface area contributed by atoms with Crippen LogP contribution in [0.2, 0.25) is 0 Å². The normalized spacial score (nSPS) is 16.4. The number of anilines is 1. The molecule has 2 aromatic carbocycles. The Morgan fingerprint density at radius 1 is 1.10 bits per heavy atom. The van der Waals surface area contributed by atoms with Crippen LogP contribution in [0.3, 0.4) is 0 Å². The zero-order valence-corrected chi connectivity index (χ0v) is 23.7. The minimum absolute atomic E-state index is 0.152. The van der Waals surface area contributed by atoms with Crippen LogP contribution in [-0.4, -0.2) is 53.2 Å². The van der Waals surface area contributed by atoms with E-state index in [9.17, 15) is 4.79 Å². The molecule has 1 amide bonds. The highest BCUT2D eigenvalue weighted by Crippen LogP contribution is 2.33. The fourth-order valence-corrected chi connectivity index (χ4v) is 5.92. The van der Waals surface area contributed by atoms with Crippen LogP contribution >= 0.6 is 0 Å². The molecule has 7 nitrogen and oxygen atoms in total. The monoisotopic (exact) mass is 539 g/mol. The van der Waals surface area contributed by atoms with Gasteiger partial charge in [-0.2, -0.15) is 0 Å². The van der Waals surface area contributed by atoms with E-state index in [-0.39, 0.29) is 11.9 Å². The van der Waals surface area contributed by atoms with Gasteiger partial charge in [-0.1, -0.05) is 36.4 Å². The lowest BCUT2D eigenvalue weighted by Gasteiger charge is -2.34. The summed E-state index contributed by atoms with van der Waals surface area (Å²) in [4.78, 5) is 19.6. The molecule has 4 aromatic rings. The van der Waals surface area contributed by atoms with Crippen molar-refractivity contribution in [3.63, 3.8) is 0 Å². The molecule has 1 aliphatic heterocycles. The zero-order valence-electron chi connectivity index (χ0n) is 23.7. The average molecular weight is 540 g/mol. The van der Waals surface area contributed by atoms with Crippen LogP contribution in [0.25, 0.3) is 22.0 Å². The SMILES string of the molecule is COCCCn1c(C2CCCN(C(=O)CC(N)Cc3ccc(-c4ccc(N)nc4)cc3)C2)cc2ccc(C)cc21. The van der Waals surface area contributed by atoms with Gasteiger partial charge in [0.2, 0.25) is 5.91 Å². The van der Waals surface area contributed by atoms with E-state index in [0.29, 0.717) is 24.6 Å². The van der Waals surface area contributed by atoms with E-state index in [1.807, 2.05) is 11.0 Å². The molecular weight excluding hydrogens is 498 g/mol.